The zero-order chi connectivity index (χ0) is 20.9. The molecule has 2 aromatic carbocycles. The second-order valence-electron chi connectivity index (χ2n) is 6.47. The van der Waals surface area contributed by atoms with Crippen molar-refractivity contribution in [2.75, 3.05) is 11.9 Å². The maximum absolute atomic E-state index is 11.9. The highest BCUT2D eigenvalue weighted by Crippen LogP contribution is 2.14. The van der Waals surface area contributed by atoms with Gasteiger partial charge in [0.2, 0.25) is 11.8 Å². The molecule has 0 unspecified atom stereocenters. The van der Waals surface area contributed by atoms with E-state index in [4.69, 9.17) is 4.74 Å². The van der Waals surface area contributed by atoms with Crippen molar-refractivity contribution in [3.63, 3.8) is 0 Å². The summed E-state index contributed by atoms with van der Waals surface area (Å²) in [7, 11) is 0. The number of carbonyl (C=O) groups is 2. The number of hydrazone groups is 1. The minimum atomic E-state index is -0.225. The number of unbranched alkanes of at least 4 members (excludes halogenated alkanes) is 1. The molecule has 0 fully saturated rings. The Morgan fingerprint density at radius 2 is 1.69 bits per heavy atom. The first kappa shape index (κ1) is 22.6. The topological polar surface area (TPSA) is 79.8 Å². The number of amides is 2. The number of carbonyl (C=O) groups excluding carboxylic acids is 2. The zero-order valence-electron chi connectivity index (χ0n) is 16.5. The molecule has 0 atom stereocenters. The molecule has 2 amide bonds. The van der Waals surface area contributed by atoms with Gasteiger partial charge in [0.1, 0.15) is 5.75 Å². The van der Waals surface area contributed by atoms with Crippen LogP contribution in [-0.2, 0) is 9.59 Å². The van der Waals surface area contributed by atoms with E-state index in [0.717, 1.165) is 34.3 Å². The van der Waals surface area contributed by atoms with Crippen LogP contribution in [0.3, 0.4) is 0 Å². The number of nitrogens with zero attached hydrogens (tertiary/aromatic N) is 1. The molecule has 0 heterocycles. The highest BCUT2D eigenvalue weighted by atomic mass is 79.9. The van der Waals surface area contributed by atoms with Gasteiger partial charge < -0.3 is 10.1 Å². The molecule has 2 rings (SSSR count). The monoisotopic (exact) mass is 459 g/mol. The molecular formula is C22H26BrN3O3. The van der Waals surface area contributed by atoms with Crippen LogP contribution in [0.2, 0.25) is 0 Å². The first-order chi connectivity index (χ1) is 14.1. The largest absolute Gasteiger partial charge is 0.494 e. The van der Waals surface area contributed by atoms with E-state index < -0.39 is 0 Å². The van der Waals surface area contributed by atoms with Gasteiger partial charge in [-0.05, 0) is 66.9 Å². The fraction of sp³-hybridized carbons (Fsp3) is 0.318. The first-order valence-corrected chi connectivity index (χ1v) is 10.5. The molecule has 29 heavy (non-hydrogen) atoms. The van der Waals surface area contributed by atoms with Crippen LogP contribution < -0.4 is 15.5 Å². The minimum Gasteiger partial charge on any atom is -0.494 e. The Labute approximate surface area is 179 Å². The molecule has 0 aliphatic rings. The van der Waals surface area contributed by atoms with Crippen molar-refractivity contribution in [1.29, 1.82) is 0 Å². The van der Waals surface area contributed by atoms with Crippen LogP contribution in [0.4, 0.5) is 5.69 Å². The number of rotatable bonds is 11. The molecule has 0 radical (unpaired) electrons. The van der Waals surface area contributed by atoms with Gasteiger partial charge in [-0.25, -0.2) is 5.43 Å². The van der Waals surface area contributed by atoms with E-state index in [0.29, 0.717) is 13.0 Å². The van der Waals surface area contributed by atoms with Gasteiger partial charge in [-0.15, -0.1) is 0 Å². The molecule has 0 aliphatic carbocycles. The summed E-state index contributed by atoms with van der Waals surface area (Å²) in [6.45, 7) is 2.83. The standard InChI is InChI=1S/C22H26BrN3O3/c1-2-3-15-29-20-13-7-17(8-14-20)16-24-26-22(28)6-4-5-21(27)25-19-11-9-18(23)10-12-19/h7-14,16H,2-6,15H2,1H3,(H,25,27)(H,26,28)/b24-16-. The van der Waals surface area contributed by atoms with Gasteiger partial charge in [-0.1, -0.05) is 29.3 Å². The van der Waals surface area contributed by atoms with E-state index in [2.05, 4.69) is 38.7 Å². The molecule has 0 spiro atoms. The van der Waals surface area contributed by atoms with E-state index >= 15 is 0 Å². The molecule has 0 saturated carbocycles. The van der Waals surface area contributed by atoms with Gasteiger partial charge >= 0.3 is 0 Å². The summed E-state index contributed by atoms with van der Waals surface area (Å²) in [6.07, 6.45) is 4.66. The summed E-state index contributed by atoms with van der Waals surface area (Å²) < 4.78 is 6.55. The highest BCUT2D eigenvalue weighted by molar-refractivity contribution is 9.10. The lowest BCUT2D eigenvalue weighted by Crippen LogP contribution is -2.18. The number of anilines is 1. The third-order valence-electron chi connectivity index (χ3n) is 3.99. The molecule has 0 bridgehead atoms. The lowest BCUT2D eigenvalue weighted by molar-refractivity contribution is -0.121. The number of benzene rings is 2. The Hall–Kier alpha value is -2.67. The molecule has 154 valence electrons. The summed E-state index contributed by atoms with van der Waals surface area (Å²) in [5.41, 5.74) is 4.07. The number of ether oxygens (including phenoxy) is 1. The maximum atomic E-state index is 11.9. The van der Waals surface area contributed by atoms with Crippen molar-refractivity contribution >= 4 is 39.6 Å². The Kier molecular flexibility index (Phi) is 9.92. The van der Waals surface area contributed by atoms with Crippen molar-refractivity contribution in [2.45, 2.75) is 39.0 Å². The predicted molar refractivity (Wildman–Crippen MR) is 119 cm³/mol. The van der Waals surface area contributed by atoms with Gasteiger partial charge in [-0.2, -0.15) is 5.10 Å². The number of hydrogen-bond donors (Lipinski definition) is 2. The molecule has 2 N–H and O–H groups in total. The lowest BCUT2D eigenvalue weighted by Gasteiger charge is -2.05. The second-order valence-corrected chi connectivity index (χ2v) is 7.39. The summed E-state index contributed by atoms with van der Waals surface area (Å²) >= 11 is 3.35. The van der Waals surface area contributed by atoms with Crippen molar-refractivity contribution in [3.05, 3.63) is 58.6 Å². The highest BCUT2D eigenvalue weighted by Gasteiger charge is 2.05. The molecule has 0 aliphatic heterocycles. The third kappa shape index (κ3) is 9.38. The third-order valence-corrected chi connectivity index (χ3v) is 4.51. The number of nitrogens with one attached hydrogen (secondary N) is 2. The molecular weight excluding hydrogens is 434 g/mol. The summed E-state index contributed by atoms with van der Waals surface area (Å²) in [5.74, 6) is 0.475. The van der Waals surface area contributed by atoms with Crippen molar-refractivity contribution in [1.82, 2.24) is 5.43 Å². The van der Waals surface area contributed by atoms with Crippen LogP contribution >= 0.6 is 15.9 Å². The fourth-order valence-corrected chi connectivity index (χ4v) is 2.65. The smallest absolute Gasteiger partial charge is 0.240 e. The van der Waals surface area contributed by atoms with Crippen molar-refractivity contribution in [2.24, 2.45) is 5.10 Å². The van der Waals surface area contributed by atoms with E-state index in [-0.39, 0.29) is 24.7 Å². The van der Waals surface area contributed by atoms with Crippen molar-refractivity contribution < 1.29 is 14.3 Å². The second kappa shape index (κ2) is 12.7. The van der Waals surface area contributed by atoms with Gasteiger partial charge in [0.05, 0.1) is 12.8 Å². The van der Waals surface area contributed by atoms with Crippen LogP contribution in [0, 0.1) is 0 Å². The summed E-state index contributed by atoms with van der Waals surface area (Å²) in [4.78, 5) is 23.7. The maximum Gasteiger partial charge on any atom is 0.240 e. The van der Waals surface area contributed by atoms with Crippen LogP contribution in [0.15, 0.2) is 58.1 Å². The Morgan fingerprint density at radius 1 is 1.00 bits per heavy atom. The average molecular weight is 460 g/mol. The fourth-order valence-electron chi connectivity index (χ4n) is 2.39. The molecule has 0 saturated heterocycles. The molecule has 6 nitrogen and oxygen atoms in total. The number of halogens is 1. The van der Waals surface area contributed by atoms with Crippen LogP contribution in [0.1, 0.15) is 44.6 Å². The normalized spacial score (nSPS) is 10.7. The van der Waals surface area contributed by atoms with Crippen LogP contribution in [0.5, 0.6) is 5.75 Å². The zero-order valence-corrected chi connectivity index (χ0v) is 18.1. The average Bonchev–Trinajstić information content (AvgIpc) is 2.71. The predicted octanol–water partition coefficient (Wildman–Crippen LogP) is 4.89. The minimum absolute atomic E-state index is 0.120. The molecule has 0 aromatic heterocycles. The van der Waals surface area contributed by atoms with Gasteiger partial charge in [0.25, 0.3) is 0 Å². The summed E-state index contributed by atoms with van der Waals surface area (Å²) in [6, 6.07) is 14.8. The van der Waals surface area contributed by atoms with E-state index in [1.165, 1.54) is 0 Å². The Morgan fingerprint density at radius 3 is 2.38 bits per heavy atom. The first-order valence-electron chi connectivity index (χ1n) is 9.67. The van der Waals surface area contributed by atoms with E-state index in [1.54, 1.807) is 6.21 Å². The van der Waals surface area contributed by atoms with Gasteiger partial charge in [0, 0.05) is 23.0 Å². The summed E-state index contributed by atoms with van der Waals surface area (Å²) in [5, 5.41) is 6.75. The lowest BCUT2D eigenvalue weighted by atomic mass is 10.2. The quantitative estimate of drug-likeness (QED) is 0.285. The Bertz CT molecular complexity index is 805. The van der Waals surface area contributed by atoms with Crippen LogP contribution in [0.25, 0.3) is 0 Å². The van der Waals surface area contributed by atoms with Crippen LogP contribution in [-0.4, -0.2) is 24.6 Å². The van der Waals surface area contributed by atoms with Gasteiger partial charge in [-0.3, -0.25) is 9.59 Å². The molecule has 7 heteroatoms. The SMILES string of the molecule is CCCCOc1ccc(/C=N\NC(=O)CCCC(=O)Nc2ccc(Br)cc2)cc1. The number of hydrogen-bond acceptors (Lipinski definition) is 4. The Balaban J connectivity index is 1.63. The van der Waals surface area contributed by atoms with Crippen molar-refractivity contribution in [3.8, 4) is 5.75 Å². The van der Waals surface area contributed by atoms with E-state index in [1.807, 2.05) is 48.5 Å². The van der Waals surface area contributed by atoms with E-state index in [9.17, 15) is 9.59 Å². The van der Waals surface area contributed by atoms with Gasteiger partial charge in [0.15, 0.2) is 0 Å². The molecule has 2 aromatic rings.